The van der Waals surface area contributed by atoms with Gasteiger partial charge in [0.15, 0.2) is 5.82 Å². The zero-order valence-corrected chi connectivity index (χ0v) is 5.92. The van der Waals surface area contributed by atoms with Gasteiger partial charge in [-0.3, -0.25) is 4.68 Å². The maximum absolute atomic E-state index is 8.52. The molecule has 1 aromatic rings. The second kappa shape index (κ2) is 2.40. The van der Waals surface area contributed by atoms with Crippen molar-refractivity contribution >= 4 is 5.82 Å². The van der Waals surface area contributed by atoms with Gasteiger partial charge in [-0.2, -0.15) is 10.4 Å². The predicted molar refractivity (Wildman–Crippen MR) is 37.5 cm³/mol. The molecule has 0 atom stereocenters. The summed E-state index contributed by atoms with van der Waals surface area (Å²) >= 11 is 0. The molecule has 0 radical (unpaired) electrons. The Morgan fingerprint density at radius 2 is 2.50 bits per heavy atom. The highest BCUT2D eigenvalue weighted by molar-refractivity contribution is 5.49. The number of rotatable bonds is 1. The number of anilines is 1. The van der Waals surface area contributed by atoms with Crippen molar-refractivity contribution in [2.75, 3.05) is 12.4 Å². The van der Waals surface area contributed by atoms with Crippen LogP contribution in [0.5, 0.6) is 0 Å². The van der Waals surface area contributed by atoms with Crippen LogP contribution >= 0.6 is 0 Å². The summed E-state index contributed by atoms with van der Waals surface area (Å²) in [6, 6.07) is 2.02. The highest BCUT2D eigenvalue weighted by Gasteiger charge is 2.02. The van der Waals surface area contributed by atoms with Crippen molar-refractivity contribution in [3.8, 4) is 6.07 Å². The topological polar surface area (TPSA) is 53.6 Å². The summed E-state index contributed by atoms with van der Waals surface area (Å²) < 4.78 is 1.60. The summed E-state index contributed by atoms with van der Waals surface area (Å²) in [5, 5.41) is 15.3. The Kier molecular flexibility index (Phi) is 1.59. The number of nitrogens with zero attached hydrogens (tertiary/aromatic N) is 3. The number of hydrogen-bond donors (Lipinski definition) is 1. The summed E-state index contributed by atoms with van der Waals surface area (Å²) in [4.78, 5) is 0. The van der Waals surface area contributed by atoms with E-state index in [0.29, 0.717) is 11.4 Å². The molecule has 0 aromatic carbocycles. The second-order valence-corrected chi connectivity index (χ2v) is 1.93. The van der Waals surface area contributed by atoms with Gasteiger partial charge < -0.3 is 5.32 Å². The first kappa shape index (κ1) is 6.62. The molecule has 0 aliphatic rings. The van der Waals surface area contributed by atoms with Crippen molar-refractivity contribution in [3.05, 3.63) is 11.8 Å². The van der Waals surface area contributed by atoms with E-state index in [1.54, 1.807) is 25.0 Å². The predicted octanol–water partition coefficient (Wildman–Crippen LogP) is 0.333. The number of aryl methyl sites for hydroxylation is 1. The van der Waals surface area contributed by atoms with E-state index >= 15 is 0 Å². The minimum absolute atomic E-state index is 0.574. The lowest BCUT2D eigenvalue weighted by atomic mass is 10.4. The SMILES string of the molecule is CNc1nn(C)cc1C#N. The molecule has 1 N–H and O–H groups in total. The van der Waals surface area contributed by atoms with E-state index in [-0.39, 0.29) is 0 Å². The highest BCUT2D eigenvalue weighted by atomic mass is 15.3. The zero-order valence-electron chi connectivity index (χ0n) is 5.92. The lowest BCUT2D eigenvalue weighted by Crippen LogP contribution is -1.92. The molecular formula is C6H8N4. The quantitative estimate of drug-likeness (QED) is 0.605. The normalized spacial score (nSPS) is 8.90. The molecule has 0 amide bonds. The average molecular weight is 136 g/mol. The van der Waals surface area contributed by atoms with Gasteiger partial charge in [-0.1, -0.05) is 0 Å². The third kappa shape index (κ3) is 0.935. The van der Waals surface area contributed by atoms with Crippen LogP contribution in [0.2, 0.25) is 0 Å². The van der Waals surface area contributed by atoms with Crippen LogP contribution in [0.4, 0.5) is 5.82 Å². The summed E-state index contributed by atoms with van der Waals surface area (Å²) in [5.74, 6) is 0.630. The van der Waals surface area contributed by atoms with Crippen LogP contribution in [0, 0.1) is 11.3 Å². The van der Waals surface area contributed by atoms with Gasteiger partial charge in [0.2, 0.25) is 0 Å². The molecule has 0 fully saturated rings. The fraction of sp³-hybridized carbons (Fsp3) is 0.333. The third-order valence-electron chi connectivity index (χ3n) is 1.19. The molecule has 10 heavy (non-hydrogen) atoms. The minimum Gasteiger partial charge on any atom is -0.371 e. The molecular weight excluding hydrogens is 128 g/mol. The molecule has 0 saturated heterocycles. The Balaban J connectivity index is 3.12. The van der Waals surface area contributed by atoms with Gasteiger partial charge in [0, 0.05) is 20.3 Å². The van der Waals surface area contributed by atoms with Crippen molar-refractivity contribution in [2.24, 2.45) is 7.05 Å². The largest absolute Gasteiger partial charge is 0.371 e. The Morgan fingerprint density at radius 3 is 2.90 bits per heavy atom. The lowest BCUT2D eigenvalue weighted by molar-refractivity contribution is 0.770. The molecule has 1 heterocycles. The molecule has 1 rings (SSSR count). The second-order valence-electron chi connectivity index (χ2n) is 1.93. The maximum atomic E-state index is 8.52. The fourth-order valence-corrected chi connectivity index (χ4v) is 0.755. The summed E-state index contributed by atoms with van der Waals surface area (Å²) in [6.45, 7) is 0. The summed E-state index contributed by atoms with van der Waals surface area (Å²) in [7, 11) is 3.52. The molecule has 0 saturated carbocycles. The molecule has 4 nitrogen and oxygen atoms in total. The van der Waals surface area contributed by atoms with Crippen molar-refractivity contribution in [1.29, 1.82) is 5.26 Å². The van der Waals surface area contributed by atoms with Gasteiger partial charge in [-0.05, 0) is 0 Å². The van der Waals surface area contributed by atoms with E-state index in [2.05, 4.69) is 10.4 Å². The van der Waals surface area contributed by atoms with Gasteiger partial charge in [-0.15, -0.1) is 0 Å². The van der Waals surface area contributed by atoms with Gasteiger partial charge in [-0.25, -0.2) is 0 Å². The molecule has 0 unspecified atom stereocenters. The van der Waals surface area contributed by atoms with Crippen molar-refractivity contribution in [1.82, 2.24) is 9.78 Å². The third-order valence-corrected chi connectivity index (χ3v) is 1.19. The monoisotopic (exact) mass is 136 g/mol. The van der Waals surface area contributed by atoms with E-state index < -0.39 is 0 Å². The Bertz CT molecular complexity index is 268. The number of aromatic nitrogens is 2. The van der Waals surface area contributed by atoms with Crippen molar-refractivity contribution < 1.29 is 0 Å². The first-order valence-corrected chi connectivity index (χ1v) is 2.89. The molecule has 52 valence electrons. The van der Waals surface area contributed by atoms with Crippen LogP contribution in [0.3, 0.4) is 0 Å². The Labute approximate surface area is 59.1 Å². The van der Waals surface area contributed by atoms with E-state index in [1.807, 2.05) is 6.07 Å². The number of nitrogens with one attached hydrogen (secondary N) is 1. The molecule has 0 aliphatic carbocycles. The molecule has 0 bridgehead atoms. The van der Waals surface area contributed by atoms with Crippen LogP contribution in [0.15, 0.2) is 6.20 Å². The van der Waals surface area contributed by atoms with Gasteiger partial charge in [0.1, 0.15) is 11.6 Å². The average Bonchev–Trinajstić information content (AvgIpc) is 2.30. The van der Waals surface area contributed by atoms with Gasteiger partial charge in [0.05, 0.1) is 0 Å². The van der Waals surface area contributed by atoms with E-state index in [0.717, 1.165) is 0 Å². The Hall–Kier alpha value is -1.50. The Morgan fingerprint density at radius 1 is 1.80 bits per heavy atom. The molecule has 4 heteroatoms. The van der Waals surface area contributed by atoms with Crippen LogP contribution in [0.25, 0.3) is 0 Å². The number of hydrogen-bond acceptors (Lipinski definition) is 3. The summed E-state index contributed by atoms with van der Waals surface area (Å²) in [6.07, 6.45) is 1.67. The smallest absolute Gasteiger partial charge is 0.165 e. The first-order valence-electron chi connectivity index (χ1n) is 2.89. The van der Waals surface area contributed by atoms with E-state index in [9.17, 15) is 0 Å². The highest BCUT2D eigenvalue weighted by Crippen LogP contribution is 2.08. The van der Waals surface area contributed by atoms with Crippen LogP contribution in [-0.4, -0.2) is 16.8 Å². The van der Waals surface area contributed by atoms with Crippen LogP contribution in [-0.2, 0) is 7.05 Å². The maximum Gasteiger partial charge on any atom is 0.165 e. The van der Waals surface area contributed by atoms with Crippen molar-refractivity contribution in [3.63, 3.8) is 0 Å². The summed E-state index contributed by atoms with van der Waals surface area (Å²) in [5.41, 5.74) is 0.574. The zero-order chi connectivity index (χ0) is 7.56. The van der Waals surface area contributed by atoms with Gasteiger partial charge >= 0.3 is 0 Å². The molecule has 0 spiro atoms. The molecule has 0 aliphatic heterocycles. The molecule has 1 aromatic heterocycles. The lowest BCUT2D eigenvalue weighted by Gasteiger charge is -1.89. The van der Waals surface area contributed by atoms with Crippen LogP contribution in [0.1, 0.15) is 5.56 Å². The first-order chi connectivity index (χ1) is 4.77. The van der Waals surface area contributed by atoms with E-state index in [1.165, 1.54) is 0 Å². The standard InChI is InChI=1S/C6H8N4/c1-8-6-5(3-7)4-10(2)9-6/h4H,1-2H3,(H,8,9). The van der Waals surface area contributed by atoms with Gasteiger partial charge in [0.25, 0.3) is 0 Å². The minimum atomic E-state index is 0.574. The van der Waals surface area contributed by atoms with Crippen LogP contribution < -0.4 is 5.32 Å². The number of nitriles is 1. The van der Waals surface area contributed by atoms with Crippen molar-refractivity contribution in [2.45, 2.75) is 0 Å². The van der Waals surface area contributed by atoms with E-state index in [4.69, 9.17) is 5.26 Å². The fourth-order valence-electron chi connectivity index (χ4n) is 0.755.